The first kappa shape index (κ1) is 15.3. The second-order valence-electron chi connectivity index (χ2n) is 4.90. The quantitative estimate of drug-likeness (QED) is 0.521. The van der Waals surface area contributed by atoms with E-state index in [0.717, 1.165) is 21.1 Å². The second kappa shape index (κ2) is 6.32. The molecule has 0 N–H and O–H groups in total. The van der Waals surface area contributed by atoms with E-state index < -0.39 is 0 Å². The summed E-state index contributed by atoms with van der Waals surface area (Å²) in [6.07, 6.45) is 7.24. The van der Waals surface area contributed by atoms with Crippen molar-refractivity contribution in [2.75, 3.05) is 0 Å². The Balaban J connectivity index is 1.69. The lowest BCUT2D eigenvalue weighted by Gasteiger charge is -1.97. The van der Waals surface area contributed by atoms with E-state index in [1.165, 1.54) is 11.3 Å². The van der Waals surface area contributed by atoms with Gasteiger partial charge in [0.2, 0.25) is 4.96 Å². The van der Waals surface area contributed by atoms with Crippen molar-refractivity contribution in [3.05, 3.63) is 63.3 Å². The standard InChI is InChI=1S/C16H9Cl2N5S/c17-12-5-3-10(13(18)8-12)4-6-14-22-23-15(20-21-16(23)24-14)11-2-1-7-19-9-11/h1-9H/b6-4+. The van der Waals surface area contributed by atoms with Gasteiger partial charge in [0.15, 0.2) is 5.82 Å². The summed E-state index contributed by atoms with van der Waals surface area (Å²) in [7, 11) is 0. The SMILES string of the molecule is Clc1ccc(/C=C/c2nn3c(-c4cccnc4)nnc3s2)c(Cl)c1. The van der Waals surface area contributed by atoms with Gasteiger partial charge in [-0.2, -0.15) is 9.61 Å². The molecule has 24 heavy (non-hydrogen) atoms. The van der Waals surface area contributed by atoms with Crippen LogP contribution < -0.4 is 0 Å². The van der Waals surface area contributed by atoms with Crippen LogP contribution in [0.25, 0.3) is 28.5 Å². The molecular weight excluding hydrogens is 365 g/mol. The van der Waals surface area contributed by atoms with Crippen LogP contribution in [0.2, 0.25) is 10.0 Å². The number of benzene rings is 1. The van der Waals surface area contributed by atoms with Crippen molar-refractivity contribution in [3.8, 4) is 11.4 Å². The van der Waals surface area contributed by atoms with Gasteiger partial charge in [0.05, 0.1) is 0 Å². The topological polar surface area (TPSA) is 56.0 Å². The Morgan fingerprint density at radius 3 is 2.79 bits per heavy atom. The Morgan fingerprint density at radius 1 is 1.08 bits per heavy atom. The van der Waals surface area contributed by atoms with Crippen LogP contribution in [0.4, 0.5) is 0 Å². The lowest BCUT2D eigenvalue weighted by molar-refractivity contribution is 0.958. The molecule has 0 saturated heterocycles. The summed E-state index contributed by atoms with van der Waals surface area (Å²) in [4.78, 5) is 4.82. The van der Waals surface area contributed by atoms with Crippen LogP contribution >= 0.6 is 34.5 Å². The fraction of sp³-hybridized carbons (Fsp3) is 0. The molecule has 4 aromatic rings. The zero-order valence-corrected chi connectivity index (χ0v) is 14.4. The molecule has 3 heterocycles. The van der Waals surface area contributed by atoms with Gasteiger partial charge in [-0.3, -0.25) is 4.98 Å². The van der Waals surface area contributed by atoms with Gasteiger partial charge in [-0.1, -0.05) is 46.7 Å². The van der Waals surface area contributed by atoms with Crippen molar-refractivity contribution in [1.82, 2.24) is 24.8 Å². The van der Waals surface area contributed by atoms with E-state index in [4.69, 9.17) is 23.2 Å². The first-order valence-electron chi connectivity index (χ1n) is 6.96. The van der Waals surface area contributed by atoms with Gasteiger partial charge in [-0.15, -0.1) is 10.2 Å². The third kappa shape index (κ3) is 2.91. The molecule has 0 atom stereocenters. The molecule has 0 unspecified atom stereocenters. The van der Waals surface area contributed by atoms with E-state index in [1.807, 2.05) is 30.4 Å². The zero-order valence-electron chi connectivity index (χ0n) is 12.1. The van der Waals surface area contributed by atoms with E-state index in [2.05, 4.69) is 20.3 Å². The molecule has 0 fully saturated rings. The average Bonchev–Trinajstić information content (AvgIpc) is 3.15. The number of pyridine rings is 1. The Morgan fingerprint density at radius 2 is 2.00 bits per heavy atom. The molecule has 3 aromatic heterocycles. The molecule has 0 amide bonds. The molecule has 8 heteroatoms. The minimum atomic E-state index is 0.595. The summed E-state index contributed by atoms with van der Waals surface area (Å²) in [5.74, 6) is 0.665. The number of hydrogen-bond donors (Lipinski definition) is 0. The minimum absolute atomic E-state index is 0.595. The molecule has 0 aliphatic carbocycles. The maximum atomic E-state index is 6.17. The molecule has 0 aliphatic rings. The molecule has 0 aliphatic heterocycles. The molecule has 0 bridgehead atoms. The number of aromatic nitrogens is 5. The number of hydrogen-bond acceptors (Lipinski definition) is 5. The van der Waals surface area contributed by atoms with Crippen LogP contribution in [0.5, 0.6) is 0 Å². The van der Waals surface area contributed by atoms with Gasteiger partial charge < -0.3 is 0 Å². The van der Waals surface area contributed by atoms with Crippen molar-refractivity contribution < 1.29 is 0 Å². The van der Waals surface area contributed by atoms with Gasteiger partial charge in [0, 0.05) is 28.0 Å². The van der Waals surface area contributed by atoms with Crippen LogP contribution in [-0.2, 0) is 0 Å². The third-order valence-corrected chi connectivity index (χ3v) is 4.72. The second-order valence-corrected chi connectivity index (χ2v) is 6.73. The van der Waals surface area contributed by atoms with E-state index >= 15 is 0 Å². The van der Waals surface area contributed by atoms with Gasteiger partial charge >= 0.3 is 0 Å². The van der Waals surface area contributed by atoms with Crippen LogP contribution in [0, 0.1) is 0 Å². The minimum Gasteiger partial charge on any atom is -0.264 e. The summed E-state index contributed by atoms with van der Waals surface area (Å²) >= 11 is 13.5. The molecule has 1 aromatic carbocycles. The van der Waals surface area contributed by atoms with Crippen molar-refractivity contribution in [3.63, 3.8) is 0 Å². The first-order valence-corrected chi connectivity index (χ1v) is 8.54. The highest BCUT2D eigenvalue weighted by molar-refractivity contribution is 7.17. The van der Waals surface area contributed by atoms with Gasteiger partial charge in [0.1, 0.15) is 5.01 Å². The molecule has 0 radical (unpaired) electrons. The highest BCUT2D eigenvalue weighted by Crippen LogP contribution is 2.25. The predicted molar refractivity (Wildman–Crippen MR) is 97.3 cm³/mol. The zero-order chi connectivity index (χ0) is 16.5. The van der Waals surface area contributed by atoms with E-state index in [0.29, 0.717) is 15.9 Å². The van der Waals surface area contributed by atoms with Crippen molar-refractivity contribution in [2.45, 2.75) is 0 Å². The molecule has 5 nitrogen and oxygen atoms in total. The van der Waals surface area contributed by atoms with E-state index in [1.54, 1.807) is 29.0 Å². The van der Waals surface area contributed by atoms with Gasteiger partial charge in [-0.05, 0) is 35.9 Å². The fourth-order valence-corrected chi connectivity index (χ4v) is 3.38. The van der Waals surface area contributed by atoms with E-state index in [-0.39, 0.29) is 0 Å². The Kier molecular flexibility index (Phi) is 4.02. The maximum Gasteiger partial charge on any atom is 0.235 e. The third-order valence-electron chi connectivity index (χ3n) is 3.29. The number of rotatable bonds is 3. The Hall–Kier alpha value is -2.28. The maximum absolute atomic E-state index is 6.17. The molecule has 0 saturated carbocycles. The number of halogens is 2. The summed E-state index contributed by atoms with van der Waals surface area (Å²) < 4.78 is 1.71. The molecule has 4 rings (SSSR count). The number of fused-ring (bicyclic) bond motifs is 1. The van der Waals surface area contributed by atoms with Gasteiger partial charge in [0.25, 0.3) is 0 Å². The predicted octanol–water partition coefficient (Wildman–Crippen LogP) is 4.73. The fourth-order valence-electron chi connectivity index (χ4n) is 2.17. The molecule has 118 valence electrons. The van der Waals surface area contributed by atoms with E-state index in [9.17, 15) is 0 Å². The Labute approximate surface area is 151 Å². The highest BCUT2D eigenvalue weighted by Gasteiger charge is 2.12. The Bertz CT molecular complexity index is 1040. The first-order chi connectivity index (χ1) is 11.7. The van der Waals surface area contributed by atoms with Crippen molar-refractivity contribution >= 4 is 51.7 Å². The average molecular weight is 374 g/mol. The van der Waals surface area contributed by atoms with Crippen LogP contribution in [0.15, 0.2) is 42.7 Å². The molecule has 0 spiro atoms. The highest BCUT2D eigenvalue weighted by atomic mass is 35.5. The summed E-state index contributed by atoms with van der Waals surface area (Å²) in [5.41, 5.74) is 1.74. The van der Waals surface area contributed by atoms with Crippen molar-refractivity contribution in [1.29, 1.82) is 0 Å². The largest absolute Gasteiger partial charge is 0.264 e. The van der Waals surface area contributed by atoms with Crippen LogP contribution in [-0.4, -0.2) is 24.8 Å². The monoisotopic (exact) mass is 373 g/mol. The summed E-state index contributed by atoms with van der Waals surface area (Å²) in [6.45, 7) is 0. The summed E-state index contributed by atoms with van der Waals surface area (Å²) in [5, 5.41) is 14.9. The van der Waals surface area contributed by atoms with Crippen molar-refractivity contribution in [2.24, 2.45) is 0 Å². The van der Waals surface area contributed by atoms with Crippen LogP contribution in [0.1, 0.15) is 10.6 Å². The number of nitrogens with zero attached hydrogens (tertiary/aromatic N) is 5. The summed E-state index contributed by atoms with van der Waals surface area (Å²) in [6, 6.07) is 9.15. The van der Waals surface area contributed by atoms with Crippen LogP contribution in [0.3, 0.4) is 0 Å². The molecular formula is C16H9Cl2N5S. The lowest BCUT2D eigenvalue weighted by atomic mass is 10.2. The normalized spacial score (nSPS) is 11.6. The van der Waals surface area contributed by atoms with Gasteiger partial charge in [-0.25, -0.2) is 0 Å². The smallest absolute Gasteiger partial charge is 0.235 e. The lowest BCUT2D eigenvalue weighted by Crippen LogP contribution is -1.91.